The second-order valence-corrected chi connectivity index (χ2v) is 5.64. The highest BCUT2D eigenvalue weighted by molar-refractivity contribution is 7.99. The summed E-state index contributed by atoms with van der Waals surface area (Å²) in [6.07, 6.45) is 0.388. The predicted octanol–water partition coefficient (Wildman–Crippen LogP) is 1.85. The van der Waals surface area contributed by atoms with Gasteiger partial charge in [-0.15, -0.1) is 0 Å². The van der Waals surface area contributed by atoms with E-state index in [-0.39, 0.29) is 17.5 Å². The van der Waals surface area contributed by atoms with Crippen molar-refractivity contribution < 1.29 is 9.59 Å². The van der Waals surface area contributed by atoms with Gasteiger partial charge in [0.05, 0.1) is 0 Å². The summed E-state index contributed by atoms with van der Waals surface area (Å²) in [5.41, 5.74) is 0. The lowest BCUT2D eigenvalue weighted by atomic mass is 10.0. The van der Waals surface area contributed by atoms with E-state index in [1.807, 2.05) is 14.1 Å². The molecule has 0 aromatic carbocycles. The van der Waals surface area contributed by atoms with Crippen LogP contribution in [-0.2, 0) is 9.59 Å². The Morgan fingerprint density at radius 2 is 1.75 bits per heavy atom. The van der Waals surface area contributed by atoms with Gasteiger partial charge in [-0.2, -0.15) is 11.8 Å². The molecule has 0 aliphatic heterocycles. The Bertz CT molecular complexity index is 241. The second kappa shape index (κ2) is 7.85. The standard InChI is InChI=1S/C12H23NO2S/c1-9(13(4)5)7-16-8-12(11(3)15)6-10(2)14/h9,12H,6-8H2,1-5H3. The Hall–Kier alpha value is -0.350. The van der Waals surface area contributed by atoms with Crippen LogP contribution in [0.4, 0.5) is 0 Å². The molecule has 0 spiro atoms. The Balaban J connectivity index is 3.94. The fourth-order valence-electron chi connectivity index (χ4n) is 1.20. The van der Waals surface area contributed by atoms with Crippen molar-refractivity contribution in [3.8, 4) is 0 Å². The molecule has 2 atom stereocenters. The van der Waals surface area contributed by atoms with Crippen molar-refractivity contribution in [2.45, 2.75) is 33.2 Å². The molecule has 94 valence electrons. The molecular formula is C12H23NO2S. The smallest absolute Gasteiger partial charge is 0.134 e. The van der Waals surface area contributed by atoms with E-state index in [1.54, 1.807) is 25.6 Å². The summed E-state index contributed by atoms with van der Waals surface area (Å²) < 4.78 is 0. The van der Waals surface area contributed by atoms with Crippen LogP contribution in [0.15, 0.2) is 0 Å². The van der Waals surface area contributed by atoms with Crippen LogP contribution >= 0.6 is 11.8 Å². The van der Waals surface area contributed by atoms with Gasteiger partial charge in [0.25, 0.3) is 0 Å². The van der Waals surface area contributed by atoms with Gasteiger partial charge in [-0.1, -0.05) is 0 Å². The van der Waals surface area contributed by atoms with Crippen LogP contribution in [0.25, 0.3) is 0 Å². The predicted molar refractivity (Wildman–Crippen MR) is 69.9 cm³/mol. The number of carbonyl (C=O) groups is 2. The molecule has 0 aromatic rings. The number of thioether (sulfide) groups is 1. The third-order valence-corrected chi connectivity index (χ3v) is 4.02. The van der Waals surface area contributed by atoms with Crippen molar-refractivity contribution in [1.82, 2.24) is 4.90 Å². The molecular weight excluding hydrogens is 222 g/mol. The third-order valence-electron chi connectivity index (χ3n) is 2.67. The van der Waals surface area contributed by atoms with Gasteiger partial charge in [-0.25, -0.2) is 0 Å². The highest BCUT2D eigenvalue weighted by Crippen LogP contribution is 2.15. The Morgan fingerprint density at radius 3 is 2.12 bits per heavy atom. The highest BCUT2D eigenvalue weighted by atomic mass is 32.2. The minimum absolute atomic E-state index is 0.0986. The van der Waals surface area contributed by atoms with Gasteiger partial charge >= 0.3 is 0 Å². The van der Waals surface area contributed by atoms with Crippen molar-refractivity contribution in [2.75, 3.05) is 25.6 Å². The van der Waals surface area contributed by atoms with Crippen molar-refractivity contribution in [3.05, 3.63) is 0 Å². The number of carbonyl (C=O) groups excluding carboxylic acids is 2. The molecule has 0 N–H and O–H groups in total. The van der Waals surface area contributed by atoms with Gasteiger partial charge in [-0.05, 0) is 34.9 Å². The van der Waals surface area contributed by atoms with Crippen molar-refractivity contribution in [3.63, 3.8) is 0 Å². The Kier molecular flexibility index (Phi) is 7.68. The summed E-state index contributed by atoms with van der Waals surface area (Å²) in [7, 11) is 4.09. The van der Waals surface area contributed by atoms with E-state index >= 15 is 0 Å². The van der Waals surface area contributed by atoms with Gasteiger partial charge in [-0.3, -0.25) is 4.79 Å². The summed E-state index contributed by atoms with van der Waals surface area (Å²) in [4.78, 5) is 24.5. The number of hydrogen-bond acceptors (Lipinski definition) is 4. The molecule has 0 saturated carbocycles. The molecule has 3 nitrogen and oxygen atoms in total. The van der Waals surface area contributed by atoms with Crippen molar-refractivity contribution in [1.29, 1.82) is 0 Å². The molecule has 0 amide bonds. The molecule has 0 aliphatic rings. The zero-order valence-corrected chi connectivity index (χ0v) is 11.8. The van der Waals surface area contributed by atoms with E-state index in [0.29, 0.717) is 12.5 Å². The van der Waals surface area contributed by atoms with Gasteiger partial charge in [0.15, 0.2) is 0 Å². The molecule has 16 heavy (non-hydrogen) atoms. The fraction of sp³-hybridized carbons (Fsp3) is 0.833. The number of ketones is 2. The van der Waals surface area contributed by atoms with Gasteiger partial charge in [0, 0.05) is 29.9 Å². The van der Waals surface area contributed by atoms with E-state index in [4.69, 9.17) is 0 Å². The topological polar surface area (TPSA) is 37.4 Å². The van der Waals surface area contributed by atoms with Gasteiger partial charge < -0.3 is 9.69 Å². The fourth-order valence-corrected chi connectivity index (χ4v) is 2.61. The molecule has 0 aliphatic carbocycles. The van der Waals surface area contributed by atoms with Crippen LogP contribution in [0.1, 0.15) is 27.2 Å². The van der Waals surface area contributed by atoms with Crippen molar-refractivity contribution in [2.24, 2.45) is 5.92 Å². The molecule has 0 rings (SSSR count). The van der Waals surface area contributed by atoms with Crippen LogP contribution in [0.2, 0.25) is 0 Å². The minimum Gasteiger partial charge on any atom is -0.306 e. The van der Waals surface area contributed by atoms with Gasteiger partial charge in [0.1, 0.15) is 11.6 Å². The highest BCUT2D eigenvalue weighted by Gasteiger charge is 2.17. The SMILES string of the molecule is CC(=O)CC(CSCC(C)N(C)C)C(C)=O. The van der Waals surface area contributed by atoms with E-state index < -0.39 is 0 Å². The van der Waals surface area contributed by atoms with Crippen LogP contribution < -0.4 is 0 Å². The number of nitrogens with zero attached hydrogens (tertiary/aromatic N) is 1. The monoisotopic (exact) mass is 245 g/mol. The average molecular weight is 245 g/mol. The quantitative estimate of drug-likeness (QED) is 0.654. The van der Waals surface area contributed by atoms with E-state index in [9.17, 15) is 9.59 Å². The summed E-state index contributed by atoms with van der Waals surface area (Å²) in [5, 5.41) is 0. The number of hydrogen-bond donors (Lipinski definition) is 0. The minimum atomic E-state index is -0.100. The Labute approximate surface area is 103 Å². The first kappa shape index (κ1) is 15.7. The molecule has 2 unspecified atom stereocenters. The molecule has 4 heteroatoms. The lowest BCUT2D eigenvalue weighted by Crippen LogP contribution is -2.27. The van der Waals surface area contributed by atoms with E-state index in [1.165, 1.54) is 0 Å². The van der Waals surface area contributed by atoms with E-state index in [2.05, 4.69) is 11.8 Å². The molecule has 0 heterocycles. The zero-order valence-electron chi connectivity index (χ0n) is 10.9. The normalized spacial score (nSPS) is 14.9. The lowest BCUT2D eigenvalue weighted by Gasteiger charge is -2.20. The maximum absolute atomic E-state index is 11.3. The first-order valence-corrected chi connectivity index (χ1v) is 6.74. The largest absolute Gasteiger partial charge is 0.306 e. The summed E-state index contributed by atoms with van der Waals surface area (Å²) >= 11 is 1.75. The molecule has 0 bridgehead atoms. The number of Topliss-reactive ketones (excluding diaryl/α,β-unsaturated/α-hetero) is 2. The zero-order chi connectivity index (χ0) is 12.7. The second-order valence-electron chi connectivity index (χ2n) is 4.56. The lowest BCUT2D eigenvalue weighted by molar-refractivity contribution is -0.125. The maximum Gasteiger partial charge on any atom is 0.134 e. The van der Waals surface area contributed by atoms with Crippen LogP contribution in [0, 0.1) is 5.92 Å². The molecule has 0 radical (unpaired) electrons. The summed E-state index contributed by atoms with van der Waals surface area (Å²) in [6.45, 7) is 5.27. The molecule has 0 fully saturated rings. The maximum atomic E-state index is 11.3. The first-order valence-electron chi connectivity index (χ1n) is 5.58. The van der Waals surface area contributed by atoms with Gasteiger partial charge in [0.2, 0.25) is 0 Å². The van der Waals surface area contributed by atoms with Crippen LogP contribution in [0.3, 0.4) is 0 Å². The van der Waals surface area contributed by atoms with Crippen LogP contribution in [-0.4, -0.2) is 48.1 Å². The molecule has 0 aromatic heterocycles. The van der Waals surface area contributed by atoms with Crippen molar-refractivity contribution >= 4 is 23.3 Å². The third kappa shape index (κ3) is 7.01. The summed E-state index contributed by atoms with van der Waals surface area (Å²) in [6, 6.07) is 0.495. The van der Waals surface area contributed by atoms with E-state index in [0.717, 1.165) is 11.5 Å². The Morgan fingerprint density at radius 1 is 1.19 bits per heavy atom. The molecule has 0 saturated heterocycles. The number of rotatable bonds is 8. The van der Waals surface area contributed by atoms with Crippen LogP contribution in [0.5, 0.6) is 0 Å². The average Bonchev–Trinajstić information content (AvgIpc) is 2.14. The summed E-state index contributed by atoms with van der Waals surface area (Å²) in [5.74, 6) is 1.88. The first-order chi connectivity index (χ1) is 7.34.